The van der Waals surface area contributed by atoms with E-state index in [0.29, 0.717) is 12.5 Å². The number of hydrogen-bond acceptors (Lipinski definition) is 2. The Morgan fingerprint density at radius 1 is 1.23 bits per heavy atom. The predicted molar refractivity (Wildman–Crippen MR) is 74.6 cm³/mol. The molecule has 2 aliphatic rings. The molecule has 1 heterocycles. The topological polar surface area (TPSA) is 57.6 Å². The van der Waals surface area contributed by atoms with Gasteiger partial charge < -0.3 is 10.0 Å². The van der Waals surface area contributed by atoms with Crippen molar-refractivity contribution in [1.29, 1.82) is 0 Å². The number of aliphatic carboxylic acids is 1. The van der Waals surface area contributed by atoms with Crippen LogP contribution in [-0.4, -0.2) is 35.0 Å². The fraction of sp³-hybridized carbons (Fsp3) is 0.500. The Kier molecular flexibility index (Phi) is 3.85. The number of carboxylic acid groups (broad SMARTS) is 1. The van der Waals surface area contributed by atoms with Crippen molar-refractivity contribution in [3.8, 4) is 0 Å². The molecular formula is C16H17F2NO3. The lowest BCUT2D eigenvalue weighted by Crippen LogP contribution is -2.30. The number of alkyl halides is 2. The van der Waals surface area contributed by atoms with E-state index in [-0.39, 0.29) is 29.5 Å². The normalized spacial score (nSPS) is 24.8. The molecule has 2 fully saturated rings. The van der Waals surface area contributed by atoms with Crippen LogP contribution in [0.2, 0.25) is 0 Å². The van der Waals surface area contributed by atoms with Crippen LogP contribution < -0.4 is 0 Å². The van der Waals surface area contributed by atoms with Crippen LogP contribution in [0.5, 0.6) is 0 Å². The Morgan fingerprint density at radius 3 is 2.55 bits per heavy atom. The highest BCUT2D eigenvalue weighted by Crippen LogP contribution is 2.44. The van der Waals surface area contributed by atoms with Crippen molar-refractivity contribution in [3.05, 3.63) is 35.4 Å². The number of hydrogen-bond donors (Lipinski definition) is 1. The van der Waals surface area contributed by atoms with Crippen molar-refractivity contribution >= 4 is 11.9 Å². The first kappa shape index (κ1) is 14.9. The zero-order valence-corrected chi connectivity index (χ0v) is 11.9. The third-order valence-corrected chi connectivity index (χ3v) is 4.58. The van der Waals surface area contributed by atoms with Gasteiger partial charge in [-0.1, -0.05) is 12.1 Å². The van der Waals surface area contributed by atoms with Crippen LogP contribution in [0.1, 0.15) is 35.2 Å². The maximum Gasteiger partial charge on any atom is 0.308 e. The smallest absolute Gasteiger partial charge is 0.308 e. The van der Waals surface area contributed by atoms with Crippen molar-refractivity contribution in [2.45, 2.75) is 19.3 Å². The molecule has 0 spiro atoms. The molecule has 1 aliphatic heterocycles. The summed E-state index contributed by atoms with van der Waals surface area (Å²) in [4.78, 5) is 25.3. The van der Waals surface area contributed by atoms with Crippen LogP contribution in [-0.2, 0) is 4.79 Å². The number of likely N-dealkylation sites (tertiary alicyclic amines) is 1. The molecule has 3 rings (SSSR count). The second kappa shape index (κ2) is 5.66. The van der Waals surface area contributed by atoms with Crippen molar-refractivity contribution in [2.75, 3.05) is 13.1 Å². The second-order valence-corrected chi connectivity index (χ2v) is 6.08. The summed E-state index contributed by atoms with van der Waals surface area (Å²) in [5.41, 5.74) is -0.00281. The number of rotatable bonds is 4. The van der Waals surface area contributed by atoms with Crippen LogP contribution >= 0.6 is 0 Å². The highest BCUT2D eigenvalue weighted by molar-refractivity contribution is 5.95. The number of carboxylic acids is 1. The Labute approximate surface area is 126 Å². The van der Waals surface area contributed by atoms with Gasteiger partial charge in [0.05, 0.1) is 5.92 Å². The van der Waals surface area contributed by atoms with E-state index < -0.39 is 18.3 Å². The lowest BCUT2D eigenvalue weighted by atomic mass is 9.92. The number of carbonyl (C=O) groups excluding carboxylic acids is 1. The average Bonchev–Trinajstić information content (AvgIpc) is 3.25. The molecule has 0 unspecified atom stereocenters. The standard InChI is InChI=1S/C16H17F2NO3/c17-14(18)10-2-1-3-11(6-10)15(20)19-7-12(9-4-5-9)13(8-19)16(21)22/h1-3,6,9,12-14H,4-5,7-8H2,(H,21,22)/t12-,13+/m1/s1. The van der Waals surface area contributed by atoms with Crippen LogP contribution in [0.25, 0.3) is 0 Å². The van der Waals surface area contributed by atoms with Crippen LogP contribution in [0.4, 0.5) is 8.78 Å². The minimum atomic E-state index is -2.63. The number of carbonyl (C=O) groups is 2. The number of nitrogens with zero attached hydrogens (tertiary/aromatic N) is 1. The highest BCUT2D eigenvalue weighted by atomic mass is 19.3. The molecular weight excluding hydrogens is 292 g/mol. The van der Waals surface area contributed by atoms with Gasteiger partial charge >= 0.3 is 5.97 Å². The van der Waals surface area contributed by atoms with E-state index in [1.165, 1.54) is 29.2 Å². The average molecular weight is 309 g/mol. The highest BCUT2D eigenvalue weighted by Gasteiger charge is 2.46. The molecule has 1 saturated carbocycles. The molecule has 1 N–H and O–H groups in total. The first-order valence-electron chi connectivity index (χ1n) is 7.37. The Balaban J connectivity index is 1.78. The van der Waals surface area contributed by atoms with E-state index in [0.717, 1.165) is 12.8 Å². The van der Waals surface area contributed by atoms with Gasteiger partial charge in [0, 0.05) is 24.2 Å². The molecule has 0 radical (unpaired) electrons. The summed E-state index contributed by atoms with van der Waals surface area (Å²) in [6.45, 7) is 0.563. The number of amides is 1. The van der Waals surface area contributed by atoms with Gasteiger partial charge in [-0.05, 0) is 36.8 Å². The fourth-order valence-electron chi connectivity index (χ4n) is 3.25. The zero-order chi connectivity index (χ0) is 15.9. The third kappa shape index (κ3) is 2.82. The minimum Gasteiger partial charge on any atom is -0.481 e. The quantitative estimate of drug-likeness (QED) is 0.930. The van der Waals surface area contributed by atoms with Crippen LogP contribution in [0, 0.1) is 17.8 Å². The molecule has 1 saturated heterocycles. The zero-order valence-electron chi connectivity index (χ0n) is 11.9. The monoisotopic (exact) mass is 309 g/mol. The van der Waals surface area contributed by atoms with E-state index in [1.54, 1.807) is 0 Å². The fourth-order valence-corrected chi connectivity index (χ4v) is 3.25. The molecule has 1 aromatic rings. The Bertz CT molecular complexity index is 601. The number of halogens is 2. The van der Waals surface area contributed by atoms with E-state index in [1.807, 2.05) is 0 Å². The second-order valence-electron chi connectivity index (χ2n) is 6.08. The van der Waals surface area contributed by atoms with E-state index in [4.69, 9.17) is 0 Å². The summed E-state index contributed by atoms with van der Waals surface area (Å²) < 4.78 is 25.5. The molecule has 0 aromatic heterocycles. The molecule has 22 heavy (non-hydrogen) atoms. The summed E-state index contributed by atoms with van der Waals surface area (Å²) in [5, 5.41) is 9.31. The lowest BCUT2D eigenvalue weighted by Gasteiger charge is -2.16. The maximum absolute atomic E-state index is 12.7. The largest absolute Gasteiger partial charge is 0.481 e. The molecule has 1 aliphatic carbocycles. The summed E-state index contributed by atoms with van der Waals surface area (Å²) in [7, 11) is 0. The summed E-state index contributed by atoms with van der Waals surface area (Å²) in [6, 6.07) is 5.39. The summed E-state index contributed by atoms with van der Waals surface area (Å²) in [5.74, 6) is -1.42. The molecule has 2 atom stereocenters. The van der Waals surface area contributed by atoms with Gasteiger partial charge in [0.2, 0.25) is 0 Å². The van der Waals surface area contributed by atoms with Crippen molar-refractivity contribution in [2.24, 2.45) is 17.8 Å². The van der Waals surface area contributed by atoms with Gasteiger partial charge in [0.15, 0.2) is 0 Å². The van der Waals surface area contributed by atoms with Gasteiger partial charge in [0.1, 0.15) is 0 Å². The Hall–Kier alpha value is -1.98. The van der Waals surface area contributed by atoms with E-state index in [2.05, 4.69) is 0 Å². The molecule has 1 amide bonds. The lowest BCUT2D eigenvalue weighted by molar-refractivity contribution is -0.142. The van der Waals surface area contributed by atoms with Crippen molar-refractivity contribution in [3.63, 3.8) is 0 Å². The van der Waals surface area contributed by atoms with E-state index >= 15 is 0 Å². The molecule has 1 aromatic carbocycles. The van der Waals surface area contributed by atoms with Crippen molar-refractivity contribution < 1.29 is 23.5 Å². The van der Waals surface area contributed by atoms with Crippen LogP contribution in [0.15, 0.2) is 24.3 Å². The summed E-state index contributed by atoms with van der Waals surface area (Å²) >= 11 is 0. The predicted octanol–water partition coefficient (Wildman–Crippen LogP) is 2.81. The summed E-state index contributed by atoms with van der Waals surface area (Å²) in [6.07, 6.45) is -0.605. The number of benzene rings is 1. The van der Waals surface area contributed by atoms with Crippen molar-refractivity contribution in [1.82, 2.24) is 4.90 Å². The van der Waals surface area contributed by atoms with Crippen LogP contribution in [0.3, 0.4) is 0 Å². The molecule has 4 nitrogen and oxygen atoms in total. The van der Waals surface area contributed by atoms with Gasteiger partial charge in [-0.2, -0.15) is 0 Å². The maximum atomic E-state index is 12.7. The van der Waals surface area contributed by atoms with Gasteiger partial charge in [-0.15, -0.1) is 0 Å². The molecule has 0 bridgehead atoms. The molecule has 6 heteroatoms. The third-order valence-electron chi connectivity index (χ3n) is 4.58. The van der Waals surface area contributed by atoms with Gasteiger partial charge in [0.25, 0.3) is 12.3 Å². The van der Waals surface area contributed by atoms with E-state index in [9.17, 15) is 23.5 Å². The Morgan fingerprint density at radius 2 is 1.95 bits per heavy atom. The van der Waals surface area contributed by atoms with Gasteiger partial charge in [-0.25, -0.2) is 8.78 Å². The molecule has 118 valence electrons. The first-order valence-corrected chi connectivity index (χ1v) is 7.37. The first-order chi connectivity index (χ1) is 10.5. The minimum absolute atomic E-state index is 0.0141. The SMILES string of the molecule is O=C(O)[C@H]1CN(C(=O)c2cccc(C(F)F)c2)C[C@@H]1C1CC1. The van der Waals surface area contributed by atoms with Gasteiger partial charge in [-0.3, -0.25) is 9.59 Å².